The van der Waals surface area contributed by atoms with Gasteiger partial charge in [0.1, 0.15) is 0 Å². The van der Waals surface area contributed by atoms with Gasteiger partial charge in [-0.1, -0.05) is 6.08 Å². The van der Waals surface area contributed by atoms with Crippen molar-refractivity contribution in [1.29, 1.82) is 0 Å². The molecule has 2 nitrogen and oxygen atoms in total. The second kappa shape index (κ2) is 3.40. The Hall–Kier alpha value is -0.790. The summed E-state index contributed by atoms with van der Waals surface area (Å²) in [5.74, 6) is -0.187. The van der Waals surface area contributed by atoms with Crippen LogP contribution in [-0.2, 0) is 9.53 Å². The second-order valence-corrected chi connectivity index (χ2v) is 2.26. The molecule has 0 aromatic carbocycles. The van der Waals surface area contributed by atoms with Gasteiger partial charge >= 0.3 is 5.97 Å². The molecule has 0 atom stereocenters. The van der Waals surface area contributed by atoms with Crippen LogP contribution in [0.3, 0.4) is 0 Å². The minimum atomic E-state index is -0.187. The van der Waals surface area contributed by atoms with Crippen molar-refractivity contribution in [3.05, 3.63) is 18.6 Å². The fraction of sp³-hybridized carbons (Fsp3) is 0.500. The molecule has 1 aliphatic rings. The van der Waals surface area contributed by atoms with Crippen molar-refractivity contribution in [3.8, 4) is 0 Å². The highest BCUT2D eigenvalue weighted by Gasteiger charge is 2.13. The number of ether oxygens (including phenoxy) is 1. The van der Waals surface area contributed by atoms with Gasteiger partial charge in [0.25, 0.3) is 0 Å². The normalized spacial score (nSPS) is 16.7. The summed E-state index contributed by atoms with van der Waals surface area (Å²) < 4.78 is 4.71. The fourth-order valence-corrected chi connectivity index (χ4v) is 1.04. The molecule has 1 rings (SSSR count). The molecular weight excluding hydrogens is 128 g/mol. The summed E-state index contributed by atoms with van der Waals surface area (Å²) in [7, 11) is 0. The van der Waals surface area contributed by atoms with E-state index in [9.17, 15) is 4.79 Å². The molecule has 0 heterocycles. The first-order chi connectivity index (χ1) is 4.84. The number of hydrogen-bond acceptors (Lipinski definition) is 2. The van der Waals surface area contributed by atoms with E-state index in [0.717, 1.165) is 24.8 Å². The summed E-state index contributed by atoms with van der Waals surface area (Å²) in [6.07, 6.45) is 4.92. The van der Waals surface area contributed by atoms with E-state index in [0.29, 0.717) is 0 Å². The highest BCUT2D eigenvalue weighted by atomic mass is 16.5. The lowest BCUT2D eigenvalue weighted by Gasteiger charge is -1.99. The highest BCUT2D eigenvalue weighted by molar-refractivity contribution is 5.88. The number of hydrogen-bond donors (Lipinski definition) is 0. The molecule has 0 fully saturated rings. The Morgan fingerprint density at radius 1 is 1.80 bits per heavy atom. The van der Waals surface area contributed by atoms with Crippen LogP contribution in [0.2, 0.25) is 0 Å². The third kappa shape index (κ3) is 1.59. The standard InChI is InChI=1S/C8H11O2/c1-2-10-8(9)7-5-3-4-6-7/h5H,1-4,6H2. The average molecular weight is 139 g/mol. The molecule has 0 aliphatic heterocycles. The third-order valence-corrected chi connectivity index (χ3v) is 1.54. The second-order valence-electron chi connectivity index (χ2n) is 2.26. The molecule has 0 aromatic heterocycles. The van der Waals surface area contributed by atoms with E-state index >= 15 is 0 Å². The van der Waals surface area contributed by atoms with Gasteiger partial charge in [0.05, 0.1) is 6.61 Å². The largest absolute Gasteiger partial charge is 0.462 e. The van der Waals surface area contributed by atoms with Crippen molar-refractivity contribution in [1.82, 2.24) is 0 Å². The topological polar surface area (TPSA) is 26.3 Å². The molecule has 2 heteroatoms. The molecule has 0 saturated carbocycles. The summed E-state index contributed by atoms with van der Waals surface area (Å²) in [6.45, 7) is 3.66. The maximum atomic E-state index is 10.9. The number of rotatable bonds is 2. The van der Waals surface area contributed by atoms with Gasteiger partial charge in [-0.2, -0.15) is 0 Å². The smallest absolute Gasteiger partial charge is 0.333 e. The Bertz CT molecular complexity index is 159. The van der Waals surface area contributed by atoms with Crippen molar-refractivity contribution >= 4 is 5.97 Å². The number of esters is 1. The number of allylic oxidation sites excluding steroid dienone is 1. The van der Waals surface area contributed by atoms with Gasteiger partial charge in [-0.3, -0.25) is 0 Å². The van der Waals surface area contributed by atoms with E-state index < -0.39 is 0 Å². The molecular formula is C8H11O2. The summed E-state index contributed by atoms with van der Waals surface area (Å²) in [5.41, 5.74) is 0.823. The lowest BCUT2D eigenvalue weighted by molar-refractivity contribution is -0.137. The Morgan fingerprint density at radius 3 is 3.10 bits per heavy atom. The van der Waals surface area contributed by atoms with Crippen LogP contribution in [-0.4, -0.2) is 12.6 Å². The molecule has 55 valence electrons. The van der Waals surface area contributed by atoms with E-state index in [1.54, 1.807) is 0 Å². The van der Waals surface area contributed by atoms with Gasteiger partial charge in [0.2, 0.25) is 0 Å². The Morgan fingerprint density at radius 2 is 2.60 bits per heavy atom. The molecule has 0 amide bonds. The Labute approximate surface area is 60.9 Å². The summed E-state index contributed by atoms with van der Waals surface area (Å²) >= 11 is 0. The predicted octanol–water partition coefficient (Wildman–Crippen LogP) is 1.47. The van der Waals surface area contributed by atoms with Crippen molar-refractivity contribution in [3.63, 3.8) is 0 Å². The molecule has 0 saturated heterocycles. The summed E-state index contributed by atoms with van der Waals surface area (Å²) in [5, 5.41) is 0. The zero-order valence-corrected chi connectivity index (χ0v) is 5.93. The van der Waals surface area contributed by atoms with Gasteiger partial charge in [0, 0.05) is 5.57 Å². The van der Waals surface area contributed by atoms with Gasteiger partial charge in [-0.15, -0.1) is 0 Å². The van der Waals surface area contributed by atoms with Gasteiger partial charge < -0.3 is 4.74 Å². The molecule has 0 spiro atoms. The molecule has 0 N–H and O–H groups in total. The zero-order valence-electron chi connectivity index (χ0n) is 5.93. The van der Waals surface area contributed by atoms with E-state index in [1.807, 2.05) is 6.08 Å². The zero-order chi connectivity index (χ0) is 7.40. The first-order valence-corrected chi connectivity index (χ1v) is 3.50. The van der Waals surface area contributed by atoms with Crippen LogP contribution >= 0.6 is 0 Å². The first kappa shape index (κ1) is 7.32. The molecule has 10 heavy (non-hydrogen) atoms. The quantitative estimate of drug-likeness (QED) is 0.541. The number of carbonyl (C=O) groups excluding carboxylic acids is 1. The van der Waals surface area contributed by atoms with Gasteiger partial charge in [-0.05, 0) is 26.2 Å². The third-order valence-electron chi connectivity index (χ3n) is 1.54. The van der Waals surface area contributed by atoms with Crippen LogP contribution in [0.1, 0.15) is 19.3 Å². The number of carbonyl (C=O) groups is 1. The molecule has 0 bridgehead atoms. The minimum Gasteiger partial charge on any atom is -0.462 e. The fourth-order valence-electron chi connectivity index (χ4n) is 1.04. The maximum Gasteiger partial charge on any atom is 0.333 e. The van der Waals surface area contributed by atoms with Crippen LogP contribution < -0.4 is 0 Å². The van der Waals surface area contributed by atoms with Crippen LogP contribution in [0.15, 0.2) is 11.6 Å². The van der Waals surface area contributed by atoms with Crippen molar-refractivity contribution in [2.24, 2.45) is 0 Å². The molecule has 0 aromatic rings. The highest BCUT2D eigenvalue weighted by Crippen LogP contribution is 2.18. The van der Waals surface area contributed by atoms with E-state index in [4.69, 9.17) is 4.74 Å². The monoisotopic (exact) mass is 139 g/mol. The van der Waals surface area contributed by atoms with E-state index in [1.165, 1.54) is 0 Å². The van der Waals surface area contributed by atoms with Crippen molar-refractivity contribution in [2.75, 3.05) is 6.61 Å². The van der Waals surface area contributed by atoms with Crippen LogP contribution in [0, 0.1) is 6.92 Å². The van der Waals surface area contributed by atoms with Crippen LogP contribution in [0.4, 0.5) is 0 Å². The van der Waals surface area contributed by atoms with Crippen LogP contribution in [0.5, 0.6) is 0 Å². The van der Waals surface area contributed by atoms with E-state index in [-0.39, 0.29) is 12.6 Å². The maximum absolute atomic E-state index is 10.9. The lowest BCUT2D eigenvalue weighted by atomic mass is 10.2. The molecule has 1 radical (unpaired) electrons. The summed E-state index contributed by atoms with van der Waals surface area (Å²) in [4.78, 5) is 10.9. The predicted molar refractivity (Wildman–Crippen MR) is 38.3 cm³/mol. The SMILES string of the molecule is [CH2]COC(=O)C1=CCCC1. The van der Waals surface area contributed by atoms with Crippen LogP contribution in [0.25, 0.3) is 0 Å². The van der Waals surface area contributed by atoms with Crippen molar-refractivity contribution < 1.29 is 9.53 Å². The van der Waals surface area contributed by atoms with Gasteiger partial charge in [0.15, 0.2) is 0 Å². The first-order valence-electron chi connectivity index (χ1n) is 3.50. The Balaban J connectivity index is 2.40. The lowest BCUT2D eigenvalue weighted by Crippen LogP contribution is -2.05. The summed E-state index contributed by atoms with van der Waals surface area (Å²) in [6, 6.07) is 0. The van der Waals surface area contributed by atoms with E-state index in [2.05, 4.69) is 6.92 Å². The Kier molecular flexibility index (Phi) is 2.49. The molecule has 1 aliphatic carbocycles. The van der Waals surface area contributed by atoms with Crippen molar-refractivity contribution in [2.45, 2.75) is 19.3 Å². The van der Waals surface area contributed by atoms with Gasteiger partial charge in [-0.25, -0.2) is 4.79 Å². The minimum absolute atomic E-state index is 0.187. The average Bonchev–Trinajstić information content (AvgIpc) is 2.38. The molecule has 0 unspecified atom stereocenters.